The predicted molar refractivity (Wildman–Crippen MR) is 58.7 cm³/mol. The fourth-order valence-corrected chi connectivity index (χ4v) is 3.16. The molecule has 0 aliphatic rings. The van der Waals surface area contributed by atoms with E-state index in [1.165, 1.54) is 13.2 Å². The lowest BCUT2D eigenvalue weighted by molar-refractivity contribution is -0.135. The molecule has 0 aliphatic carbocycles. The monoisotopic (exact) mass is 305 g/mol. The summed E-state index contributed by atoms with van der Waals surface area (Å²) in [5.74, 6) is -0.229. The molecule has 0 saturated heterocycles. The molecule has 5 nitrogen and oxygen atoms in total. The molecule has 0 saturated carbocycles. The Balaban J connectivity index is 3.09. The molecule has 104 valence electrons. The summed E-state index contributed by atoms with van der Waals surface area (Å²) in [5, 5.41) is 3.31. The van der Waals surface area contributed by atoms with Gasteiger partial charge in [-0.15, -0.1) is 11.6 Å². The van der Waals surface area contributed by atoms with Crippen LogP contribution in [0.1, 0.15) is 0 Å². The van der Waals surface area contributed by atoms with Gasteiger partial charge in [-0.3, -0.25) is 4.68 Å². The third kappa shape index (κ3) is 3.59. The van der Waals surface area contributed by atoms with Crippen molar-refractivity contribution in [2.75, 3.05) is 19.0 Å². The molecule has 1 heterocycles. The second-order valence-corrected chi connectivity index (χ2v) is 5.70. The van der Waals surface area contributed by atoms with Gasteiger partial charge in [0.1, 0.15) is 6.54 Å². The van der Waals surface area contributed by atoms with Crippen molar-refractivity contribution in [3.8, 4) is 0 Å². The maximum Gasteiger partial charge on any atom is 0.402 e. The van der Waals surface area contributed by atoms with Gasteiger partial charge in [0.25, 0.3) is 10.0 Å². The molecule has 0 aromatic carbocycles. The molecular formula is C8H11ClF3N3O2S. The first kappa shape index (κ1) is 15.3. The van der Waals surface area contributed by atoms with Crippen LogP contribution in [-0.2, 0) is 17.1 Å². The number of nitrogens with zero attached hydrogens (tertiary/aromatic N) is 3. The summed E-state index contributed by atoms with van der Waals surface area (Å²) in [6.45, 7) is -2.00. The third-order valence-corrected chi connectivity index (χ3v) is 4.16. The van der Waals surface area contributed by atoms with Crippen LogP contribution in [0.15, 0.2) is 17.3 Å². The average molecular weight is 306 g/mol. The fourth-order valence-electron chi connectivity index (χ4n) is 1.33. The van der Waals surface area contributed by atoms with Crippen LogP contribution >= 0.6 is 11.6 Å². The number of aryl methyl sites for hydroxylation is 1. The van der Waals surface area contributed by atoms with E-state index in [1.807, 2.05) is 0 Å². The van der Waals surface area contributed by atoms with Crippen molar-refractivity contribution in [3.05, 3.63) is 12.3 Å². The van der Waals surface area contributed by atoms with Crippen molar-refractivity contribution >= 4 is 21.6 Å². The number of aromatic nitrogens is 2. The van der Waals surface area contributed by atoms with Crippen molar-refractivity contribution in [3.63, 3.8) is 0 Å². The van der Waals surface area contributed by atoms with Gasteiger partial charge >= 0.3 is 6.18 Å². The van der Waals surface area contributed by atoms with E-state index in [2.05, 4.69) is 5.10 Å². The standard InChI is InChI=1S/C8H11ClF3N3O2S/c1-14-7(2-4-13-14)18(16,17)15(5-3-9)6-8(10,11)12/h2,4H,3,5-6H2,1H3. The average Bonchev–Trinajstić information content (AvgIpc) is 2.62. The Labute approximate surface area is 107 Å². The number of alkyl halides is 4. The quantitative estimate of drug-likeness (QED) is 0.768. The first-order valence-corrected chi connectivity index (χ1v) is 6.77. The highest BCUT2D eigenvalue weighted by Gasteiger charge is 2.37. The molecular weight excluding hydrogens is 295 g/mol. The van der Waals surface area contributed by atoms with Crippen molar-refractivity contribution in [1.82, 2.24) is 14.1 Å². The Hall–Kier alpha value is -0.800. The molecule has 0 unspecified atom stereocenters. The van der Waals surface area contributed by atoms with Crippen LogP contribution < -0.4 is 0 Å². The first-order chi connectivity index (χ1) is 8.18. The van der Waals surface area contributed by atoms with Crippen LogP contribution in [0.4, 0.5) is 13.2 Å². The summed E-state index contributed by atoms with van der Waals surface area (Å²) in [6.07, 6.45) is -3.43. The van der Waals surface area contributed by atoms with Crippen LogP contribution in [0.5, 0.6) is 0 Å². The number of hydrogen-bond donors (Lipinski definition) is 0. The summed E-state index contributed by atoms with van der Waals surface area (Å²) in [4.78, 5) is 0. The molecule has 0 radical (unpaired) electrons. The molecule has 1 rings (SSSR count). The summed E-state index contributed by atoms with van der Waals surface area (Å²) in [6, 6.07) is 1.13. The molecule has 1 aromatic rings. The summed E-state index contributed by atoms with van der Waals surface area (Å²) >= 11 is 5.34. The molecule has 0 aliphatic heterocycles. The predicted octanol–water partition coefficient (Wildman–Crippen LogP) is 1.21. The van der Waals surface area contributed by atoms with Gasteiger partial charge in [0.05, 0.1) is 6.20 Å². The van der Waals surface area contributed by atoms with Gasteiger partial charge < -0.3 is 0 Å². The van der Waals surface area contributed by atoms with E-state index >= 15 is 0 Å². The van der Waals surface area contributed by atoms with Gasteiger partial charge in [0.15, 0.2) is 5.03 Å². The van der Waals surface area contributed by atoms with Gasteiger partial charge in [-0.25, -0.2) is 8.42 Å². The maximum atomic E-state index is 12.3. The van der Waals surface area contributed by atoms with E-state index in [0.29, 0.717) is 0 Å². The Morgan fingerprint density at radius 2 is 2.11 bits per heavy atom. The molecule has 0 atom stereocenters. The number of halogens is 4. The second-order valence-electron chi connectivity index (χ2n) is 3.44. The summed E-state index contributed by atoms with van der Waals surface area (Å²) in [7, 11) is -2.92. The topological polar surface area (TPSA) is 55.2 Å². The molecule has 0 bridgehead atoms. The highest BCUT2D eigenvalue weighted by molar-refractivity contribution is 7.89. The van der Waals surface area contributed by atoms with E-state index < -0.39 is 29.3 Å². The Morgan fingerprint density at radius 3 is 2.50 bits per heavy atom. The molecule has 0 N–H and O–H groups in total. The second kappa shape index (κ2) is 5.45. The molecule has 1 aromatic heterocycles. The SMILES string of the molecule is Cn1nccc1S(=O)(=O)N(CCCl)CC(F)(F)F. The maximum absolute atomic E-state index is 12.3. The molecule has 0 amide bonds. The Bertz CT molecular complexity index is 500. The summed E-state index contributed by atoms with van der Waals surface area (Å²) in [5.41, 5.74) is 0. The van der Waals surface area contributed by atoms with Gasteiger partial charge in [0.2, 0.25) is 0 Å². The van der Waals surface area contributed by atoms with Crippen LogP contribution in [-0.4, -0.2) is 47.6 Å². The van der Waals surface area contributed by atoms with Crippen LogP contribution in [0, 0.1) is 0 Å². The van der Waals surface area contributed by atoms with Gasteiger partial charge in [-0.2, -0.15) is 22.6 Å². The minimum Gasteiger partial charge on any atom is -0.256 e. The van der Waals surface area contributed by atoms with Crippen LogP contribution in [0.3, 0.4) is 0 Å². The largest absolute Gasteiger partial charge is 0.402 e. The molecule has 10 heteroatoms. The molecule has 0 spiro atoms. The summed E-state index contributed by atoms with van der Waals surface area (Å²) < 4.78 is 62.2. The van der Waals surface area contributed by atoms with Crippen molar-refractivity contribution in [2.24, 2.45) is 7.05 Å². The van der Waals surface area contributed by atoms with Gasteiger partial charge in [0, 0.05) is 19.5 Å². The van der Waals surface area contributed by atoms with Crippen LogP contribution in [0.25, 0.3) is 0 Å². The minimum absolute atomic E-state index is 0.229. The zero-order valence-electron chi connectivity index (χ0n) is 9.35. The molecule has 0 fully saturated rings. The lowest BCUT2D eigenvalue weighted by atomic mass is 10.6. The zero-order valence-corrected chi connectivity index (χ0v) is 10.9. The van der Waals surface area contributed by atoms with Crippen LogP contribution in [0.2, 0.25) is 0 Å². The van der Waals surface area contributed by atoms with E-state index in [4.69, 9.17) is 11.6 Å². The number of hydrogen-bond acceptors (Lipinski definition) is 3. The third-order valence-electron chi connectivity index (χ3n) is 2.07. The van der Waals surface area contributed by atoms with E-state index in [9.17, 15) is 21.6 Å². The van der Waals surface area contributed by atoms with E-state index in [1.54, 1.807) is 0 Å². The van der Waals surface area contributed by atoms with Crippen molar-refractivity contribution in [1.29, 1.82) is 0 Å². The van der Waals surface area contributed by atoms with Crippen molar-refractivity contribution < 1.29 is 21.6 Å². The highest BCUT2D eigenvalue weighted by atomic mass is 35.5. The molecule has 18 heavy (non-hydrogen) atoms. The fraction of sp³-hybridized carbons (Fsp3) is 0.625. The normalized spacial score (nSPS) is 13.2. The Kier molecular flexibility index (Phi) is 4.62. The van der Waals surface area contributed by atoms with Crippen molar-refractivity contribution in [2.45, 2.75) is 11.2 Å². The van der Waals surface area contributed by atoms with Gasteiger partial charge in [-0.1, -0.05) is 0 Å². The number of rotatable bonds is 5. The van der Waals surface area contributed by atoms with E-state index in [-0.39, 0.29) is 15.2 Å². The Morgan fingerprint density at radius 1 is 1.50 bits per heavy atom. The zero-order chi connectivity index (χ0) is 14.0. The lowest BCUT2D eigenvalue weighted by Crippen LogP contribution is -2.40. The lowest BCUT2D eigenvalue weighted by Gasteiger charge is -2.22. The smallest absolute Gasteiger partial charge is 0.256 e. The highest BCUT2D eigenvalue weighted by Crippen LogP contribution is 2.22. The number of sulfonamides is 1. The van der Waals surface area contributed by atoms with E-state index in [0.717, 1.165) is 10.7 Å². The first-order valence-electron chi connectivity index (χ1n) is 4.79. The minimum atomic E-state index is -4.63. The van der Waals surface area contributed by atoms with Gasteiger partial charge in [-0.05, 0) is 6.07 Å².